The SMILES string of the molecule is O=C(Nc1ccccc1)On1cccc1. The highest BCUT2D eigenvalue weighted by Crippen LogP contribution is 2.04. The number of hydrogen-bond donors (Lipinski definition) is 1. The lowest BCUT2D eigenvalue weighted by atomic mass is 10.3. The average molecular weight is 202 g/mol. The molecule has 4 heteroatoms. The summed E-state index contributed by atoms with van der Waals surface area (Å²) in [5.74, 6) is 0. The summed E-state index contributed by atoms with van der Waals surface area (Å²) in [5, 5.41) is 2.60. The van der Waals surface area contributed by atoms with Crippen LogP contribution in [-0.4, -0.2) is 10.8 Å². The van der Waals surface area contributed by atoms with Gasteiger partial charge in [-0.3, -0.25) is 5.32 Å². The fourth-order valence-electron chi connectivity index (χ4n) is 1.14. The van der Waals surface area contributed by atoms with Gasteiger partial charge in [-0.15, -0.1) is 0 Å². The summed E-state index contributed by atoms with van der Waals surface area (Å²) in [6, 6.07) is 12.7. The summed E-state index contributed by atoms with van der Waals surface area (Å²) in [7, 11) is 0. The predicted molar refractivity (Wildman–Crippen MR) is 56.5 cm³/mol. The Morgan fingerprint density at radius 1 is 1.07 bits per heavy atom. The Labute approximate surface area is 87.1 Å². The lowest BCUT2D eigenvalue weighted by molar-refractivity contribution is 0.148. The minimum absolute atomic E-state index is 0.516. The van der Waals surface area contributed by atoms with Crippen molar-refractivity contribution in [3.63, 3.8) is 0 Å². The van der Waals surface area contributed by atoms with Crippen LogP contribution in [-0.2, 0) is 0 Å². The van der Waals surface area contributed by atoms with Gasteiger partial charge < -0.3 is 4.84 Å². The molecule has 0 fully saturated rings. The smallest absolute Gasteiger partial charge is 0.317 e. The maximum atomic E-state index is 11.3. The molecule has 1 N–H and O–H groups in total. The molecule has 0 radical (unpaired) electrons. The molecule has 1 aromatic carbocycles. The van der Waals surface area contributed by atoms with E-state index in [1.54, 1.807) is 36.7 Å². The van der Waals surface area contributed by atoms with Crippen LogP contribution in [0.4, 0.5) is 10.5 Å². The topological polar surface area (TPSA) is 43.3 Å². The molecule has 2 aromatic rings. The number of aromatic nitrogens is 1. The van der Waals surface area contributed by atoms with Crippen LogP contribution >= 0.6 is 0 Å². The average Bonchev–Trinajstić information content (AvgIpc) is 2.71. The molecule has 0 aliphatic rings. The first kappa shape index (κ1) is 9.33. The highest BCUT2D eigenvalue weighted by Gasteiger charge is 2.02. The van der Waals surface area contributed by atoms with E-state index in [0.717, 1.165) is 0 Å². The first-order chi connectivity index (χ1) is 7.34. The van der Waals surface area contributed by atoms with Crippen molar-refractivity contribution in [2.45, 2.75) is 0 Å². The number of anilines is 1. The van der Waals surface area contributed by atoms with Gasteiger partial charge in [-0.1, -0.05) is 18.2 Å². The molecule has 76 valence electrons. The van der Waals surface area contributed by atoms with Crippen molar-refractivity contribution < 1.29 is 9.63 Å². The minimum Gasteiger partial charge on any atom is -0.317 e. The molecule has 1 heterocycles. The molecule has 4 nitrogen and oxygen atoms in total. The predicted octanol–water partition coefficient (Wildman–Crippen LogP) is 2.15. The number of benzene rings is 1. The Bertz CT molecular complexity index is 423. The van der Waals surface area contributed by atoms with Gasteiger partial charge >= 0.3 is 6.09 Å². The van der Waals surface area contributed by atoms with E-state index in [1.807, 2.05) is 18.2 Å². The van der Waals surface area contributed by atoms with Gasteiger partial charge in [0.25, 0.3) is 0 Å². The zero-order chi connectivity index (χ0) is 10.5. The van der Waals surface area contributed by atoms with Crippen LogP contribution in [0.2, 0.25) is 0 Å². The first-order valence-electron chi connectivity index (χ1n) is 4.52. The molecular weight excluding hydrogens is 192 g/mol. The maximum absolute atomic E-state index is 11.3. The van der Waals surface area contributed by atoms with E-state index in [0.29, 0.717) is 5.69 Å². The number of nitrogens with one attached hydrogen (secondary N) is 1. The van der Waals surface area contributed by atoms with Crippen LogP contribution in [0.15, 0.2) is 54.9 Å². The van der Waals surface area contributed by atoms with Gasteiger partial charge in [0.15, 0.2) is 0 Å². The lowest BCUT2D eigenvalue weighted by Crippen LogP contribution is -2.23. The van der Waals surface area contributed by atoms with E-state index in [4.69, 9.17) is 4.84 Å². The van der Waals surface area contributed by atoms with Crippen LogP contribution in [0, 0.1) is 0 Å². The molecule has 0 saturated carbocycles. The van der Waals surface area contributed by atoms with Gasteiger partial charge in [0.1, 0.15) is 0 Å². The van der Waals surface area contributed by atoms with Gasteiger partial charge in [0.05, 0.1) is 0 Å². The quantitative estimate of drug-likeness (QED) is 0.810. The second-order valence-corrected chi connectivity index (χ2v) is 2.91. The van der Waals surface area contributed by atoms with Crippen LogP contribution in [0.3, 0.4) is 0 Å². The third kappa shape index (κ3) is 2.60. The highest BCUT2D eigenvalue weighted by atomic mass is 16.7. The maximum Gasteiger partial charge on any atom is 0.436 e. The largest absolute Gasteiger partial charge is 0.436 e. The minimum atomic E-state index is -0.516. The first-order valence-corrected chi connectivity index (χ1v) is 4.52. The zero-order valence-electron chi connectivity index (χ0n) is 7.96. The lowest BCUT2D eigenvalue weighted by Gasteiger charge is -2.05. The van der Waals surface area contributed by atoms with Crippen molar-refractivity contribution >= 4 is 11.8 Å². The van der Waals surface area contributed by atoms with Gasteiger partial charge in [0.2, 0.25) is 0 Å². The van der Waals surface area contributed by atoms with E-state index in [-0.39, 0.29) is 0 Å². The third-order valence-corrected chi connectivity index (χ3v) is 1.79. The molecule has 0 saturated heterocycles. The molecular formula is C11H10N2O2. The summed E-state index contributed by atoms with van der Waals surface area (Å²) in [5.41, 5.74) is 0.703. The molecule has 0 spiro atoms. The summed E-state index contributed by atoms with van der Waals surface area (Å²) < 4.78 is 1.33. The second-order valence-electron chi connectivity index (χ2n) is 2.91. The van der Waals surface area contributed by atoms with Crippen LogP contribution in [0.5, 0.6) is 0 Å². The summed E-state index contributed by atoms with van der Waals surface area (Å²) in [6.45, 7) is 0. The van der Waals surface area contributed by atoms with Crippen LogP contribution < -0.4 is 10.2 Å². The number of amides is 1. The van der Waals surface area contributed by atoms with Crippen LogP contribution in [0.1, 0.15) is 0 Å². The Kier molecular flexibility index (Phi) is 2.69. The molecule has 0 bridgehead atoms. The molecule has 15 heavy (non-hydrogen) atoms. The Morgan fingerprint density at radius 2 is 1.73 bits per heavy atom. The molecule has 0 atom stereocenters. The van der Waals surface area contributed by atoms with E-state index < -0.39 is 6.09 Å². The fraction of sp³-hybridized carbons (Fsp3) is 0. The summed E-state index contributed by atoms with van der Waals surface area (Å²) >= 11 is 0. The fourth-order valence-corrected chi connectivity index (χ4v) is 1.14. The monoisotopic (exact) mass is 202 g/mol. The highest BCUT2D eigenvalue weighted by molar-refractivity contribution is 5.84. The van der Waals surface area contributed by atoms with Gasteiger partial charge in [0, 0.05) is 18.1 Å². The third-order valence-electron chi connectivity index (χ3n) is 1.79. The number of hydrogen-bond acceptors (Lipinski definition) is 2. The van der Waals surface area contributed by atoms with Gasteiger partial charge in [-0.2, -0.15) is 4.73 Å². The van der Waals surface area contributed by atoms with E-state index in [9.17, 15) is 4.79 Å². The van der Waals surface area contributed by atoms with Crippen molar-refractivity contribution in [1.29, 1.82) is 0 Å². The number of rotatable bonds is 2. The van der Waals surface area contributed by atoms with Crippen molar-refractivity contribution in [2.24, 2.45) is 0 Å². The van der Waals surface area contributed by atoms with Gasteiger partial charge in [-0.05, 0) is 24.3 Å². The van der Waals surface area contributed by atoms with E-state index in [2.05, 4.69) is 5.32 Å². The molecule has 1 amide bonds. The van der Waals surface area contributed by atoms with E-state index in [1.165, 1.54) is 4.73 Å². The van der Waals surface area contributed by atoms with E-state index >= 15 is 0 Å². The number of carbonyl (C=O) groups is 1. The van der Waals surface area contributed by atoms with Gasteiger partial charge in [-0.25, -0.2) is 4.79 Å². The second kappa shape index (κ2) is 4.32. The molecule has 0 aliphatic carbocycles. The Hall–Kier alpha value is -2.23. The summed E-state index contributed by atoms with van der Waals surface area (Å²) in [6.07, 6.45) is 2.77. The molecule has 2 rings (SSSR count). The summed E-state index contributed by atoms with van der Waals surface area (Å²) in [4.78, 5) is 16.3. The molecule has 0 unspecified atom stereocenters. The zero-order valence-corrected chi connectivity index (χ0v) is 7.96. The van der Waals surface area contributed by atoms with Crippen molar-refractivity contribution in [3.05, 3.63) is 54.9 Å². The normalized spacial score (nSPS) is 9.60. The van der Waals surface area contributed by atoms with Crippen molar-refractivity contribution in [1.82, 2.24) is 4.73 Å². The number of para-hydroxylation sites is 1. The molecule has 1 aromatic heterocycles. The molecule has 0 aliphatic heterocycles. The Morgan fingerprint density at radius 3 is 2.40 bits per heavy atom. The number of nitrogens with zero attached hydrogens (tertiary/aromatic N) is 1. The number of carbonyl (C=O) groups excluding carboxylic acids is 1. The standard InChI is InChI=1S/C11H10N2O2/c14-11(15-13-8-4-5-9-13)12-10-6-2-1-3-7-10/h1-9H,(H,12,14). The Balaban J connectivity index is 1.94. The van der Waals surface area contributed by atoms with Crippen molar-refractivity contribution in [3.8, 4) is 0 Å². The van der Waals surface area contributed by atoms with Crippen LogP contribution in [0.25, 0.3) is 0 Å². The van der Waals surface area contributed by atoms with Crippen molar-refractivity contribution in [2.75, 3.05) is 5.32 Å².